The third kappa shape index (κ3) is 7.12. The standard InChI is InChI=1S/C62H38N4OS/c1-4-17-39(18-5-1)48-36-49(38-50(37-48)58-56-52-30-11-13-32-54(52)68-62(56)66-60(64-58)41-21-8-3-9-22-41)46-27-15-25-44(34-46)42-23-14-24-43(33-42)45-26-16-28-47(35-45)57-55-51-29-10-12-31-53(51)67-61(55)65-59(63-57)40-19-6-2-7-20-40/h1-38H. The first kappa shape index (κ1) is 39.5. The Bertz CT molecular complexity index is 4030. The number of rotatable bonds is 8. The number of nitrogens with zero attached hydrogens (tertiary/aromatic N) is 4. The second-order valence-corrected chi connectivity index (χ2v) is 18.0. The summed E-state index contributed by atoms with van der Waals surface area (Å²) in [4.78, 5) is 21.7. The molecule has 6 heteroatoms. The molecule has 0 saturated heterocycles. The molecule has 0 saturated carbocycles. The minimum Gasteiger partial charge on any atom is -0.438 e. The summed E-state index contributed by atoms with van der Waals surface area (Å²) >= 11 is 1.72. The second-order valence-electron chi connectivity index (χ2n) is 17.0. The van der Waals surface area contributed by atoms with Crippen molar-refractivity contribution in [3.8, 4) is 89.8 Å². The zero-order chi connectivity index (χ0) is 45.0. The zero-order valence-corrected chi connectivity index (χ0v) is 37.4. The SMILES string of the molecule is c1ccc(-c2cc(-c3cccc(-c4cccc(-c5cccc(-c6nc(-c7ccccc7)nc7oc8ccccc8c67)c5)c4)c3)cc(-c3nc(-c4ccccc4)nc4sc5ccccc5c34)c2)cc1. The van der Waals surface area contributed by atoms with Crippen molar-refractivity contribution in [3.63, 3.8) is 0 Å². The number of para-hydroxylation sites is 1. The number of furan rings is 1. The third-order valence-corrected chi connectivity index (χ3v) is 13.8. The predicted octanol–water partition coefficient (Wildman–Crippen LogP) is 16.9. The molecular weight excluding hydrogens is 849 g/mol. The van der Waals surface area contributed by atoms with Crippen molar-refractivity contribution >= 4 is 53.7 Å². The van der Waals surface area contributed by atoms with Crippen LogP contribution in [0.2, 0.25) is 0 Å². The Morgan fingerprint density at radius 1 is 0.294 bits per heavy atom. The van der Waals surface area contributed by atoms with E-state index in [9.17, 15) is 0 Å². The first-order chi connectivity index (χ1) is 33.7. The van der Waals surface area contributed by atoms with Crippen molar-refractivity contribution in [3.05, 3.63) is 231 Å². The predicted molar refractivity (Wildman–Crippen MR) is 281 cm³/mol. The summed E-state index contributed by atoms with van der Waals surface area (Å²) in [5.41, 5.74) is 16.0. The molecule has 9 aromatic carbocycles. The quantitative estimate of drug-likeness (QED) is 0.152. The van der Waals surface area contributed by atoms with Crippen LogP contribution < -0.4 is 0 Å². The lowest BCUT2D eigenvalue weighted by Crippen LogP contribution is -1.95. The van der Waals surface area contributed by atoms with E-state index in [4.69, 9.17) is 24.4 Å². The molecule has 0 N–H and O–H groups in total. The maximum Gasteiger partial charge on any atom is 0.231 e. The van der Waals surface area contributed by atoms with Crippen molar-refractivity contribution < 1.29 is 4.42 Å². The van der Waals surface area contributed by atoms with Crippen LogP contribution in [0, 0.1) is 0 Å². The van der Waals surface area contributed by atoms with E-state index >= 15 is 0 Å². The highest BCUT2D eigenvalue weighted by Gasteiger charge is 2.21. The lowest BCUT2D eigenvalue weighted by atomic mass is 9.92. The fraction of sp³-hybridized carbons (Fsp3) is 0. The molecule has 0 aliphatic rings. The van der Waals surface area contributed by atoms with Gasteiger partial charge < -0.3 is 4.42 Å². The lowest BCUT2D eigenvalue weighted by Gasteiger charge is -2.14. The van der Waals surface area contributed by atoms with Gasteiger partial charge in [0.1, 0.15) is 10.4 Å². The molecule has 13 rings (SSSR count). The normalized spacial score (nSPS) is 11.5. The van der Waals surface area contributed by atoms with Gasteiger partial charge in [0.25, 0.3) is 0 Å². The topological polar surface area (TPSA) is 64.7 Å². The highest BCUT2D eigenvalue weighted by atomic mass is 32.1. The molecular formula is C62H38N4OS. The maximum atomic E-state index is 6.35. The molecule has 0 amide bonds. The van der Waals surface area contributed by atoms with Gasteiger partial charge in [-0.1, -0.05) is 182 Å². The minimum absolute atomic E-state index is 0.575. The molecule has 0 atom stereocenters. The molecule has 0 spiro atoms. The number of benzene rings is 9. The van der Waals surface area contributed by atoms with Crippen LogP contribution in [-0.4, -0.2) is 19.9 Å². The molecule has 318 valence electrons. The third-order valence-electron chi connectivity index (χ3n) is 12.7. The number of hydrogen-bond donors (Lipinski definition) is 0. The molecule has 0 aliphatic carbocycles. The van der Waals surface area contributed by atoms with Crippen molar-refractivity contribution in [2.75, 3.05) is 0 Å². The van der Waals surface area contributed by atoms with Gasteiger partial charge in [0.05, 0.1) is 16.8 Å². The average molecular weight is 887 g/mol. The van der Waals surface area contributed by atoms with E-state index in [1.165, 1.54) is 10.1 Å². The van der Waals surface area contributed by atoms with Crippen molar-refractivity contribution in [2.24, 2.45) is 0 Å². The Labute approximate surface area is 396 Å². The van der Waals surface area contributed by atoms with E-state index in [0.29, 0.717) is 11.5 Å². The fourth-order valence-electron chi connectivity index (χ4n) is 9.43. The molecule has 4 aromatic heterocycles. The number of thiophene rings is 1. The fourth-order valence-corrected chi connectivity index (χ4v) is 10.5. The lowest BCUT2D eigenvalue weighted by molar-refractivity contribution is 0.653. The van der Waals surface area contributed by atoms with Crippen molar-refractivity contribution in [1.82, 2.24) is 19.9 Å². The van der Waals surface area contributed by atoms with Crippen LogP contribution in [0.15, 0.2) is 235 Å². The van der Waals surface area contributed by atoms with Crippen molar-refractivity contribution in [1.29, 1.82) is 0 Å². The van der Waals surface area contributed by atoms with Crippen LogP contribution in [0.3, 0.4) is 0 Å². The molecule has 0 unspecified atom stereocenters. The Balaban J connectivity index is 0.920. The minimum atomic E-state index is 0.575. The van der Waals surface area contributed by atoms with E-state index in [0.717, 1.165) is 111 Å². The Kier molecular flexibility index (Phi) is 9.62. The molecule has 68 heavy (non-hydrogen) atoms. The Morgan fingerprint density at radius 2 is 0.721 bits per heavy atom. The first-order valence-corrected chi connectivity index (χ1v) is 23.5. The smallest absolute Gasteiger partial charge is 0.231 e. The molecule has 4 heterocycles. The summed E-state index contributed by atoms with van der Waals surface area (Å²) in [6, 6.07) is 80.9. The van der Waals surface area contributed by atoms with Crippen LogP contribution >= 0.6 is 11.3 Å². The van der Waals surface area contributed by atoms with Crippen LogP contribution in [0.4, 0.5) is 0 Å². The van der Waals surface area contributed by atoms with E-state index in [-0.39, 0.29) is 0 Å². The van der Waals surface area contributed by atoms with E-state index in [1.807, 2.05) is 66.7 Å². The molecule has 0 bridgehead atoms. The van der Waals surface area contributed by atoms with Gasteiger partial charge in [-0.25, -0.2) is 15.0 Å². The second kappa shape index (κ2) is 16.5. The molecule has 0 fully saturated rings. The van der Waals surface area contributed by atoms with Gasteiger partial charge >= 0.3 is 0 Å². The monoisotopic (exact) mass is 886 g/mol. The van der Waals surface area contributed by atoms with E-state index in [2.05, 4.69) is 164 Å². The summed E-state index contributed by atoms with van der Waals surface area (Å²) in [7, 11) is 0. The van der Waals surface area contributed by atoms with Crippen LogP contribution in [0.25, 0.3) is 132 Å². The highest BCUT2D eigenvalue weighted by molar-refractivity contribution is 7.25. The summed E-state index contributed by atoms with van der Waals surface area (Å²) in [5, 5.41) is 4.15. The number of hydrogen-bond acceptors (Lipinski definition) is 6. The van der Waals surface area contributed by atoms with Gasteiger partial charge in [-0.05, 0) is 93.0 Å². The van der Waals surface area contributed by atoms with Gasteiger partial charge in [0.15, 0.2) is 11.6 Å². The van der Waals surface area contributed by atoms with Gasteiger partial charge in [-0.15, -0.1) is 11.3 Å². The van der Waals surface area contributed by atoms with Gasteiger partial charge in [0.2, 0.25) is 5.71 Å². The average Bonchev–Trinajstić information content (AvgIpc) is 4.00. The number of aromatic nitrogens is 4. The largest absolute Gasteiger partial charge is 0.438 e. The van der Waals surface area contributed by atoms with Gasteiger partial charge in [-0.3, -0.25) is 0 Å². The van der Waals surface area contributed by atoms with Gasteiger partial charge in [-0.2, -0.15) is 4.98 Å². The zero-order valence-electron chi connectivity index (χ0n) is 36.5. The van der Waals surface area contributed by atoms with Crippen molar-refractivity contribution in [2.45, 2.75) is 0 Å². The summed E-state index contributed by atoms with van der Waals surface area (Å²) < 4.78 is 7.54. The van der Waals surface area contributed by atoms with Crippen LogP contribution in [0.5, 0.6) is 0 Å². The first-order valence-electron chi connectivity index (χ1n) is 22.7. The summed E-state index contributed by atoms with van der Waals surface area (Å²) in [6.07, 6.45) is 0. The Hall–Kier alpha value is -8.84. The van der Waals surface area contributed by atoms with Gasteiger partial charge in [0, 0.05) is 43.1 Å². The number of fused-ring (bicyclic) bond motifs is 6. The molecule has 13 aromatic rings. The summed E-state index contributed by atoms with van der Waals surface area (Å²) in [6.45, 7) is 0. The van der Waals surface area contributed by atoms with Crippen LogP contribution in [-0.2, 0) is 0 Å². The molecule has 5 nitrogen and oxygen atoms in total. The maximum absolute atomic E-state index is 6.35. The van der Waals surface area contributed by atoms with Crippen LogP contribution in [0.1, 0.15) is 0 Å². The molecule has 0 radical (unpaired) electrons. The summed E-state index contributed by atoms with van der Waals surface area (Å²) in [5.74, 6) is 1.35. The Morgan fingerprint density at radius 3 is 1.35 bits per heavy atom. The highest BCUT2D eigenvalue weighted by Crippen LogP contribution is 2.43. The molecule has 0 aliphatic heterocycles. The van der Waals surface area contributed by atoms with E-state index < -0.39 is 0 Å². The van der Waals surface area contributed by atoms with E-state index in [1.54, 1.807) is 11.3 Å².